The predicted molar refractivity (Wildman–Crippen MR) is 85.0 cm³/mol. The molecule has 1 N–H and O–H groups in total. The number of amides is 1. The second-order valence-corrected chi connectivity index (χ2v) is 5.35. The molecular weight excluding hydrogens is 363 g/mol. The summed E-state index contributed by atoms with van der Waals surface area (Å²) in [6, 6.07) is 4.54. The predicted octanol–water partition coefficient (Wildman–Crippen LogP) is 3.37. The van der Waals surface area contributed by atoms with Gasteiger partial charge in [-0.25, -0.2) is 0 Å². The molecule has 2 aromatic rings. The molecule has 0 aliphatic carbocycles. The molecule has 1 aromatic carbocycles. The van der Waals surface area contributed by atoms with E-state index in [9.17, 15) is 18.0 Å². The first-order valence-electron chi connectivity index (χ1n) is 7.06. The minimum Gasteiger partial charge on any atom is -0.487 e. The van der Waals surface area contributed by atoms with Gasteiger partial charge >= 0.3 is 6.18 Å². The fourth-order valence-corrected chi connectivity index (χ4v) is 2.34. The largest absolute Gasteiger partial charge is 0.487 e. The highest BCUT2D eigenvalue weighted by atomic mass is 35.5. The lowest BCUT2D eigenvalue weighted by molar-refractivity contribution is -0.144. The first kappa shape index (κ1) is 19.1. The van der Waals surface area contributed by atoms with Crippen LogP contribution in [0.4, 0.5) is 18.9 Å². The summed E-state index contributed by atoms with van der Waals surface area (Å²) in [4.78, 5) is 12.3. The molecule has 0 unspecified atom stereocenters. The van der Waals surface area contributed by atoms with Crippen LogP contribution < -0.4 is 10.1 Å². The molecule has 0 atom stereocenters. The molecule has 25 heavy (non-hydrogen) atoms. The topological polar surface area (TPSA) is 65.4 Å². The first-order valence-corrected chi connectivity index (χ1v) is 7.44. The lowest BCUT2D eigenvalue weighted by atomic mass is 10.2. The number of aromatic nitrogens is 2. The van der Waals surface area contributed by atoms with Crippen LogP contribution in [0.1, 0.15) is 16.1 Å². The highest BCUT2D eigenvalue weighted by Gasteiger charge is 2.39. The van der Waals surface area contributed by atoms with E-state index in [4.69, 9.17) is 21.1 Å². The summed E-state index contributed by atoms with van der Waals surface area (Å²) in [5, 5.41) is 6.09. The Kier molecular flexibility index (Phi) is 5.91. The molecule has 1 aromatic heterocycles. The number of anilines is 1. The van der Waals surface area contributed by atoms with E-state index in [2.05, 4.69) is 10.4 Å². The molecular formula is C15H15ClF3N3O3. The number of methoxy groups -OCH3 is 1. The monoisotopic (exact) mass is 377 g/mol. The van der Waals surface area contributed by atoms with Crippen molar-refractivity contribution >= 4 is 23.2 Å². The number of halogens is 4. The number of nitrogens with one attached hydrogen (secondary N) is 1. The zero-order valence-corrected chi connectivity index (χ0v) is 14.1. The normalized spacial score (nSPS) is 11.4. The van der Waals surface area contributed by atoms with Crippen molar-refractivity contribution in [3.05, 3.63) is 40.7 Å². The Morgan fingerprint density at radius 2 is 2.08 bits per heavy atom. The van der Waals surface area contributed by atoms with E-state index in [1.807, 2.05) is 0 Å². The SMILES string of the molecule is COCCOc1c(Cl)cccc1NC(=O)c1cnn(C)c1C(F)(F)F. The molecule has 0 radical (unpaired) electrons. The van der Waals surface area contributed by atoms with E-state index in [-0.39, 0.29) is 29.7 Å². The minimum atomic E-state index is -4.72. The third-order valence-electron chi connectivity index (χ3n) is 3.20. The number of rotatable bonds is 6. The number of nitrogens with zero attached hydrogens (tertiary/aromatic N) is 2. The Labute approximate surface area is 146 Å². The highest BCUT2D eigenvalue weighted by molar-refractivity contribution is 6.32. The number of ether oxygens (including phenoxy) is 2. The Morgan fingerprint density at radius 1 is 1.36 bits per heavy atom. The molecule has 136 valence electrons. The van der Waals surface area contributed by atoms with Crippen molar-refractivity contribution in [1.29, 1.82) is 0 Å². The molecule has 0 spiro atoms. The third-order valence-corrected chi connectivity index (χ3v) is 3.50. The molecule has 1 amide bonds. The van der Waals surface area contributed by atoms with E-state index >= 15 is 0 Å². The lowest BCUT2D eigenvalue weighted by Crippen LogP contribution is -2.20. The zero-order valence-electron chi connectivity index (χ0n) is 13.4. The standard InChI is InChI=1S/C15H15ClF3N3O3/c1-22-13(15(17,18)19)9(8-20-22)14(23)21-11-5-3-4-10(16)12(11)25-7-6-24-2/h3-5,8H,6-7H2,1-2H3,(H,21,23). The molecule has 0 bridgehead atoms. The van der Waals surface area contributed by atoms with Crippen molar-refractivity contribution in [2.24, 2.45) is 7.05 Å². The van der Waals surface area contributed by atoms with Crippen LogP contribution in [0.3, 0.4) is 0 Å². The minimum absolute atomic E-state index is 0.144. The summed E-state index contributed by atoms with van der Waals surface area (Å²) in [5.41, 5.74) is -1.60. The van der Waals surface area contributed by atoms with Crippen LogP contribution in [0.15, 0.2) is 24.4 Å². The molecule has 2 rings (SSSR count). The van der Waals surface area contributed by atoms with Crippen LogP contribution in [0, 0.1) is 0 Å². The van der Waals surface area contributed by atoms with Crippen LogP contribution in [0.2, 0.25) is 5.02 Å². The van der Waals surface area contributed by atoms with Gasteiger partial charge in [-0.2, -0.15) is 18.3 Å². The molecule has 0 aliphatic rings. The van der Waals surface area contributed by atoms with E-state index in [0.717, 1.165) is 13.2 Å². The summed E-state index contributed by atoms with van der Waals surface area (Å²) >= 11 is 6.03. The number of hydrogen-bond donors (Lipinski definition) is 1. The first-order chi connectivity index (χ1) is 11.8. The zero-order chi connectivity index (χ0) is 18.6. The molecule has 10 heteroatoms. The van der Waals surface area contributed by atoms with Crippen LogP contribution in [0.25, 0.3) is 0 Å². The van der Waals surface area contributed by atoms with Crippen LogP contribution in [-0.4, -0.2) is 36.0 Å². The molecule has 0 aliphatic heterocycles. The smallest absolute Gasteiger partial charge is 0.433 e. The van der Waals surface area contributed by atoms with Crippen molar-refractivity contribution in [2.45, 2.75) is 6.18 Å². The maximum Gasteiger partial charge on any atom is 0.433 e. The fourth-order valence-electron chi connectivity index (χ4n) is 2.11. The van der Waals surface area contributed by atoms with Crippen molar-refractivity contribution in [3.63, 3.8) is 0 Å². The number of aryl methyl sites for hydroxylation is 1. The van der Waals surface area contributed by atoms with Gasteiger partial charge in [0.1, 0.15) is 6.61 Å². The fraction of sp³-hybridized carbons (Fsp3) is 0.333. The molecule has 6 nitrogen and oxygen atoms in total. The van der Waals surface area contributed by atoms with E-state index in [1.165, 1.54) is 25.3 Å². The average Bonchev–Trinajstić information content (AvgIpc) is 2.92. The van der Waals surface area contributed by atoms with E-state index in [0.29, 0.717) is 4.68 Å². The number of benzene rings is 1. The summed E-state index contributed by atoms with van der Waals surface area (Å²) < 4.78 is 50.2. The second kappa shape index (κ2) is 7.75. The number of para-hydroxylation sites is 1. The highest BCUT2D eigenvalue weighted by Crippen LogP contribution is 2.35. The summed E-state index contributed by atoms with van der Waals surface area (Å²) in [6.45, 7) is 0.434. The van der Waals surface area contributed by atoms with Gasteiger partial charge in [0.05, 0.1) is 29.1 Å². The van der Waals surface area contributed by atoms with Crippen molar-refractivity contribution < 1.29 is 27.4 Å². The lowest BCUT2D eigenvalue weighted by Gasteiger charge is -2.14. The summed E-state index contributed by atoms with van der Waals surface area (Å²) in [6.07, 6.45) is -3.86. The van der Waals surface area contributed by atoms with Gasteiger partial charge in [-0.3, -0.25) is 9.48 Å². The quantitative estimate of drug-likeness (QED) is 0.784. The van der Waals surface area contributed by atoms with Crippen LogP contribution in [-0.2, 0) is 18.0 Å². The Morgan fingerprint density at radius 3 is 2.72 bits per heavy atom. The van der Waals surface area contributed by atoms with Gasteiger partial charge in [0.2, 0.25) is 0 Å². The molecule has 0 saturated carbocycles. The van der Waals surface area contributed by atoms with Gasteiger partial charge in [-0.15, -0.1) is 0 Å². The molecule has 0 saturated heterocycles. The maximum atomic E-state index is 13.1. The maximum absolute atomic E-state index is 13.1. The number of hydrogen-bond acceptors (Lipinski definition) is 4. The van der Waals surface area contributed by atoms with Crippen LogP contribution in [0.5, 0.6) is 5.75 Å². The number of carbonyl (C=O) groups excluding carboxylic acids is 1. The van der Waals surface area contributed by atoms with Gasteiger partial charge in [-0.1, -0.05) is 17.7 Å². The number of carbonyl (C=O) groups is 1. The van der Waals surface area contributed by atoms with Gasteiger partial charge in [0, 0.05) is 14.2 Å². The Balaban J connectivity index is 2.29. The van der Waals surface area contributed by atoms with Crippen molar-refractivity contribution in [2.75, 3.05) is 25.6 Å². The van der Waals surface area contributed by atoms with E-state index < -0.39 is 23.3 Å². The summed E-state index contributed by atoms with van der Waals surface area (Å²) in [7, 11) is 2.60. The average molecular weight is 378 g/mol. The Hall–Kier alpha value is -2.26. The van der Waals surface area contributed by atoms with Crippen molar-refractivity contribution in [3.8, 4) is 5.75 Å². The second-order valence-electron chi connectivity index (χ2n) is 4.94. The summed E-state index contributed by atoms with van der Waals surface area (Å²) in [5.74, 6) is -0.828. The number of alkyl halides is 3. The molecule has 1 heterocycles. The van der Waals surface area contributed by atoms with Gasteiger partial charge in [-0.05, 0) is 12.1 Å². The van der Waals surface area contributed by atoms with E-state index in [1.54, 1.807) is 0 Å². The Bertz CT molecular complexity index is 762. The van der Waals surface area contributed by atoms with Crippen molar-refractivity contribution in [1.82, 2.24) is 9.78 Å². The third kappa shape index (κ3) is 4.43. The van der Waals surface area contributed by atoms with Gasteiger partial charge in [0.15, 0.2) is 11.4 Å². The molecule has 0 fully saturated rings. The van der Waals surface area contributed by atoms with Gasteiger partial charge in [0.25, 0.3) is 5.91 Å². The van der Waals surface area contributed by atoms with Gasteiger partial charge < -0.3 is 14.8 Å². The van der Waals surface area contributed by atoms with Crippen LogP contribution >= 0.6 is 11.6 Å².